The van der Waals surface area contributed by atoms with Gasteiger partial charge in [0.25, 0.3) is 5.91 Å². The van der Waals surface area contributed by atoms with Crippen LogP contribution in [0.15, 0.2) is 73.1 Å². The van der Waals surface area contributed by atoms with Crippen molar-refractivity contribution in [3.63, 3.8) is 0 Å². The molecule has 27 heavy (non-hydrogen) atoms. The van der Waals surface area contributed by atoms with E-state index in [0.717, 1.165) is 17.2 Å². The highest BCUT2D eigenvalue weighted by Gasteiger charge is 2.34. The maximum Gasteiger partial charge on any atom is 0.416 e. The molecule has 0 fully saturated rings. The van der Waals surface area contributed by atoms with E-state index in [2.05, 4.69) is 10.3 Å². The molecule has 6 heteroatoms. The molecule has 1 unspecified atom stereocenters. The molecule has 1 amide bonds. The van der Waals surface area contributed by atoms with Crippen LogP contribution in [0.3, 0.4) is 0 Å². The standard InChI is InChI=1S/C21H17F3N2O/c1-14(18-4-2-3-5-19(18)21(22,23)24)26-20(27)17-8-6-15(7-9-17)16-10-12-25-13-11-16/h2-14H,1H3,(H,26,27). The maximum atomic E-state index is 13.2. The molecule has 1 N–H and O–H groups in total. The van der Waals surface area contributed by atoms with Crippen LogP contribution in [-0.2, 0) is 6.18 Å². The number of nitrogens with one attached hydrogen (secondary N) is 1. The number of hydrogen-bond acceptors (Lipinski definition) is 2. The van der Waals surface area contributed by atoms with E-state index in [9.17, 15) is 18.0 Å². The summed E-state index contributed by atoms with van der Waals surface area (Å²) in [5.74, 6) is -0.430. The van der Waals surface area contributed by atoms with Crippen LogP contribution in [0.2, 0.25) is 0 Å². The Morgan fingerprint density at radius 3 is 2.15 bits per heavy atom. The fraction of sp³-hybridized carbons (Fsp3) is 0.143. The second-order valence-corrected chi connectivity index (χ2v) is 6.09. The highest BCUT2D eigenvalue weighted by Crippen LogP contribution is 2.34. The van der Waals surface area contributed by atoms with E-state index in [4.69, 9.17) is 0 Å². The van der Waals surface area contributed by atoms with E-state index in [1.807, 2.05) is 12.1 Å². The van der Waals surface area contributed by atoms with Crippen molar-refractivity contribution in [3.8, 4) is 11.1 Å². The molecule has 1 aromatic heterocycles. The monoisotopic (exact) mass is 370 g/mol. The van der Waals surface area contributed by atoms with Crippen molar-refractivity contribution >= 4 is 5.91 Å². The lowest BCUT2D eigenvalue weighted by Crippen LogP contribution is -2.28. The van der Waals surface area contributed by atoms with Crippen LogP contribution < -0.4 is 5.32 Å². The summed E-state index contributed by atoms with van der Waals surface area (Å²) in [6.07, 6.45) is -1.12. The number of halogens is 3. The number of carbonyl (C=O) groups excluding carboxylic acids is 1. The third-order valence-corrected chi connectivity index (χ3v) is 4.24. The number of aromatic nitrogens is 1. The minimum absolute atomic E-state index is 0.0340. The fourth-order valence-electron chi connectivity index (χ4n) is 2.85. The molecule has 0 spiro atoms. The van der Waals surface area contributed by atoms with Crippen LogP contribution in [0.1, 0.15) is 34.5 Å². The normalized spacial score (nSPS) is 12.4. The highest BCUT2D eigenvalue weighted by atomic mass is 19.4. The largest absolute Gasteiger partial charge is 0.416 e. The molecule has 0 aliphatic carbocycles. The Bertz CT molecular complexity index is 922. The molecule has 3 aromatic rings. The second kappa shape index (κ2) is 7.61. The minimum Gasteiger partial charge on any atom is -0.346 e. The van der Waals surface area contributed by atoms with Gasteiger partial charge in [-0.25, -0.2) is 0 Å². The van der Waals surface area contributed by atoms with Gasteiger partial charge in [-0.15, -0.1) is 0 Å². The molecule has 1 heterocycles. The van der Waals surface area contributed by atoms with E-state index in [1.54, 1.807) is 36.7 Å². The van der Waals surface area contributed by atoms with Gasteiger partial charge in [0.1, 0.15) is 0 Å². The van der Waals surface area contributed by atoms with Crippen molar-refractivity contribution in [1.29, 1.82) is 0 Å². The highest BCUT2D eigenvalue weighted by molar-refractivity contribution is 5.95. The lowest BCUT2D eigenvalue weighted by atomic mass is 10.0. The smallest absolute Gasteiger partial charge is 0.346 e. The molecule has 3 rings (SSSR count). The summed E-state index contributed by atoms with van der Waals surface area (Å²) in [7, 11) is 0. The van der Waals surface area contributed by atoms with E-state index >= 15 is 0 Å². The summed E-state index contributed by atoms with van der Waals surface area (Å²) < 4.78 is 39.5. The van der Waals surface area contributed by atoms with Gasteiger partial charge in [-0.1, -0.05) is 30.3 Å². The fourth-order valence-corrected chi connectivity index (χ4v) is 2.85. The van der Waals surface area contributed by atoms with Crippen molar-refractivity contribution in [2.45, 2.75) is 19.1 Å². The topological polar surface area (TPSA) is 42.0 Å². The number of benzene rings is 2. The Morgan fingerprint density at radius 1 is 0.926 bits per heavy atom. The molecule has 138 valence electrons. The number of nitrogens with zero attached hydrogens (tertiary/aromatic N) is 1. The van der Waals surface area contributed by atoms with Crippen LogP contribution in [0.4, 0.5) is 13.2 Å². The predicted octanol–water partition coefficient (Wildman–Crippen LogP) is 5.26. The van der Waals surface area contributed by atoms with Crippen LogP contribution in [0, 0.1) is 0 Å². The van der Waals surface area contributed by atoms with E-state index in [-0.39, 0.29) is 5.56 Å². The Balaban J connectivity index is 1.76. The summed E-state index contributed by atoms with van der Waals surface area (Å²) >= 11 is 0. The van der Waals surface area contributed by atoms with E-state index < -0.39 is 23.7 Å². The number of rotatable bonds is 4. The number of pyridine rings is 1. The van der Waals surface area contributed by atoms with Gasteiger partial charge >= 0.3 is 6.18 Å². The van der Waals surface area contributed by atoms with Gasteiger partial charge in [0.05, 0.1) is 11.6 Å². The van der Waals surface area contributed by atoms with Gasteiger partial charge in [-0.3, -0.25) is 9.78 Å². The first-order chi connectivity index (χ1) is 12.9. The molecule has 0 bridgehead atoms. The third kappa shape index (κ3) is 4.34. The molecule has 0 aliphatic rings. The first-order valence-corrected chi connectivity index (χ1v) is 8.33. The van der Waals surface area contributed by atoms with Crippen molar-refractivity contribution in [2.24, 2.45) is 0 Å². The molecule has 3 nitrogen and oxygen atoms in total. The predicted molar refractivity (Wildman–Crippen MR) is 97.0 cm³/mol. The van der Waals surface area contributed by atoms with Gasteiger partial charge in [0.15, 0.2) is 0 Å². The summed E-state index contributed by atoms with van der Waals surface area (Å²) in [4.78, 5) is 16.4. The zero-order valence-electron chi connectivity index (χ0n) is 14.5. The summed E-state index contributed by atoms with van der Waals surface area (Å²) in [5, 5.41) is 2.64. The van der Waals surface area contributed by atoms with E-state index in [1.165, 1.54) is 25.1 Å². The zero-order chi connectivity index (χ0) is 19.4. The molecular formula is C21H17F3N2O. The quantitative estimate of drug-likeness (QED) is 0.681. The molecule has 0 saturated carbocycles. The third-order valence-electron chi connectivity index (χ3n) is 4.24. The molecular weight excluding hydrogens is 353 g/mol. The molecule has 0 saturated heterocycles. The minimum atomic E-state index is -4.47. The lowest BCUT2D eigenvalue weighted by Gasteiger charge is -2.19. The van der Waals surface area contributed by atoms with Gasteiger partial charge in [0, 0.05) is 18.0 Å². The van der Waals surface area contributed by atoms with Gasteiger partial charge in [-0.05, 0) is 53.9 Å². The van der Waals surface area contributed by atoms with Crippen LogP contribution >= 0.6 is 0 Å². The zero-order valence-corrected chi connectivity index (χ0v) is 14.5. The van der Waals surface area contributed by atoms with Gasteiger partial charge < -0.3 is 5.32 Å². The number of amides is 1. The number of alkyl halides is 3. The van der Waals surface area contributed by atoms with Gasteiger partial charge in [0.2, 0.25) is 0 Å². The van der Waals surface area contributed by atoms with Crippen molar-refractivity contribution in [1.82, 2.24) is 10.3 Å². The first-order valence-electron chi connectivity index (χ1n) is 8.33. The van der Waals surface area contributed by atoms with Crippen LogP contribution in [0.5, 0.6) is 0 Å². The molecule has 0 radical (unpaired) electrons. The Hall–Kier alpha value is -3.15. The van der Waals surface area contributed by atoms with E-state index in [0.29, 0.717) is 5.56 Å². The summed E-state index contributed by atoms with van der Waals surface area (Å²) in [6.45, 7) is 1.54. The van der Waals surface area contributed by atoms with Crippen LogP contribution in [0.25, 0.3) is 11.1 Å². The molecule has 2 aromatic carbocycles. The molecule has 0 aliphatic heterocycles. The first kappa shape index (κ1) is 18.6. The Labute approximate surface area is 154 Å². The maximum absolute atomic E-state index is 13.2. The number of hydrogen-bond donors (Lipinski definition) is 1. The average molecular weight is 370 g/mol. The summed E-state index contributed by atoms with van der Waals surface area (Å²) in [5.41, 5.74) is 1.55. The van der Waals surface area contributed by atoms with Crippen molar-refractivity contribution in [2.75, 3.05) is 0 Å². The molecule has 1 atom stereocenters. The lowest BCUT2D eigenvalue weighted by molar-refractivity contribution is -0.138. The Kier molecular flexibility index (Phi) is 5.26. The average Bonchev–Trinajstić information content (AvgIpc) is 2.68. The van der Waals surface area contributed by atoms with Crippen molar-refractivity contribution in [3.05, 3.63) is 89.7 Å². The Morgan fingerprint density at radius 2 is 1.52 bits per heavy atom. The van der Waals surface area contributed by atoms with Crippen molar-refractivity contribution < 1.29 is 18.0 Å². The summed E-state index contributed by atoms with van der Waals surface area (Å²) in [6, 6.07) is 15.0. The SMILES string of the molecule is CC(NC(=O)c1ccc(-c2ccncc2)cc1)c1ccccc1C(F)(F)F. The second-order valence-electron chi connectivity index (χ2n) is 6.09. The number of carbonyl (C=O) groups is 1. The van der Waals surface area contributed by atoms with Crippen LogP contribution in [-0.4, -0.2) is 10.9 Å². The van der Waals surface area contributed by atoms with Gasteiger partial charge in [-0.2, -0.15) is 13.2 Å².